The van der Waals surface area contributed by atoms with Crippen molar-refractivity contribution in [2.24, 2.45) is 0 Å². The summed E-state index contributed by atoms with van der Waals surface area (Å²) in [6, 6.07) is 11.1. The molecule has 3 N–H and O–H groups in total. The van der Waals surface area contributed by atoms with E-state index in [1.165, 1.54) is 12.3 Å². The SMILES string of the molecule is Cc1cc(C(=O)N[C@H](C(=O)Nc2ccn[nH]2)c2ccccc2)no1. The van der Waals surface area contributed by atoms with Crippen LogP contribution in [0, 0.1) is 6.92 Å². The number of H-pyrrole nitrogens is 1. The molecule has 3 aromatic rings. The second-order valence-corrected chi connectivity index (χ2v) is 5.10. The Labute approximate surface area is 137 Å². The molecule has 0 spiro atoms. The van der Waals surface area contributed by atoms with Gasteiger partial charge in [0.05, 0.1) is 6.20 Å². The summed E-state index contributed by atoms with van der Waals surface area (Å²) in [5.74, 6) is 0.0465. The molecule has 2 aromatic heterocycles. The Bertz CT molecular complexity index is 827. The summed E-state index contributed by atoms with van der Waals surface area (Å²) in [4.78, 5) is 24.9. The topological polar surface area (TPSA) is 113 Å². The second kappa shape index (κ2) is 6.78. The van der Waals surface area contributed by atoms with E-state index in [0.717, 1.165) is 0 Å². The van der Waals surface area contributed by atoms with Gasteiger partial charge >= 0.3 is 0 Å². The molecule has 0 saturated carbocycles. The zero-order chi connectivity index (χ0) is 16.9. The van der Waals surface area contributed by atoms with Gasteiger partial charge in [0.1, 0.15) is 17.6 Å². The fraction of sp³-hybridized carbons (Fsp3) is 0.125. The minimum absolute atomic E-state index is 0.114. The van der Waals surface area contributed by atoms with Crippen LogP contribution < -0.4 is 10.6 Å². The van der Waals surface area contributed by atoms with Gasteiger partial charge in [-0.25, -0.2) is 0 Å². The predicted molar refractivity (Wildman–Crippen MR) is 85.1 cm³/mol. The number of benzene rings is 1. The molecule has 1 atom stereocenters. The second-order valence-electron chi connectivity index (χ2n) is 5.10. The number of hydrogen-bond acceptors (Lipinski definition) is 5. The smallest absolute Gasteiger partial charge is 0.274 e. The van der Waals surface area contributed by atoms with Gasteiger partial charge in [-0.1, -0.05) is 35.5 Å². The summed E-state index contributed by atoms with van der Waals surface area (Å²) in [5, 5.41) is 15.4. The lowest BCUT2D eigenvalue weighted by Gasteiger charge is -2.17. The van der Waals surface area contributed by atoms with Crippen molar-refractivity contribution in [1.82, 2.24) is 20.7 Å². The molecule has 0 unspecified atom stereocenters. The van der Waals surface area contributed by atoms with Gasteiger partial charge < -0.3 is 15.2 Å². The van der Waals surface area contributed by atoms with Gasteiger partial charge in [0.15, 0.2) is 5.69 Å². The van der Waals surface area contributed by atoms with Gasteiger partial charge in [-0.3, -0.25) is 14.7 Å². The zero-order valence-electron chi connectivity index (χ0n) is 12.8. The van der Waals surface area contributed by atoms with Crippen LogP contribution in [0.3, 0.4) is 0 Å². The Morgan fingerprint density at radius 2 is 2.00 bits per heavy atom. The summed E-state index contributed by atoms with van der Waals surface area (Å²) in [6.45, 7) is 1.68. The molecule has 122 valence electrons. The van der Waals surface area contributed by atoms with E-state index in [-0.39, 0.29) is 5.69 Å². The fourth-order valence-corrected chi connectivity index (χ4v) is 2.15. The highest BCUT2D eigenvalue weighted by atomic mass is 16.5. The lowest BCUT2D eigenvalue weighted by Crippen LogP contribution is -2.37. The van der Waals surface area contributed by atoms with E-state index in [9.17, 15) is 9.59 Å². The molecule has 0 saturated heterocycles. The van der Waals surface area contributed by atoms with E-state index in [1.807, 2.05) is 6.07 Å². The maximum Gasteiger partial charge on any atom is 0.274 e. The molecular weight excluding hydrogens is 310 g/mol. The van der Waals surface area contributed by atoms with E-state index < -0.39 is 17.9 Å². The normalized spacial score (nSPS) is 11.7. The number of aryl methyl sites for hydroxylation is 1. The summed E-state index contributed by atoms with van der Waals surface area (Å²) in [6.07, 6.45) is 1.52. The van der Waals surface area contributed by atoms with Crippen LogP contribution in [0.2, 0.25) is 0 Å². The third-order valence-electron chi connectivity index (χ3n) is 3.29. The van der Waals surface area contributed by atoms with Crippen LogP contribution in [0.1, 0.15) is 27.9 Å². The molecule has 8 nitrogen and oxygen atoms in total. The van der Waals surface area contributed by atoms with Crippen molar-refractivity contribution >= 4 is 17.6 Å². The summed E-state index contributed by atoms with van der Waals surface area (Å²) in [5.41, 5.74) is 0.755. The van der Waals surface area contributed by atoms with Gasteiger partial charge in [-0.15, -0.1) is 0 Å². The highest BCUT2D eigenvalue weighted by molar-refractivity contribution is 6.00. The third-order valence-corrected chi connectivity index (χ3v) is 3.29. The molecule has 3 rings (SSSR count). The average Bonchev–Trinajstić information content (AvgIpc) is 3.24. The number of aromatic amines is 1. The van der Waals surface area contributed by atoms with E-state index in [2.05, 4.69) is 26.0 Å². The van der Waals surface area contributed by atoms with Crippen molar-refractivity contribution in [3.63, 3.8) is 0 Å². The van der Waals surface area contributed by atoms with Crippen LogP contribution in [-0.4, -0.2) is 27.2 Å². The maximum absolute atomic E-state index is 12.6. The first-order chi connectivity index (χ1) is 11.6. The summed E-state index contributed by atoms with van der Waals surface area (Å²) in [7, 11) is 0. The van der Waals surface area contributed by atoms with Crippen molar-refractivity contribution in [3.8, 4) is 0 Å². The molecule has 0 aliphatic rings. The van der Waals surface area contributed by atoms with Crippen LogP contribution in [-0.2, 0) is 4.79 Å². The largest absolute Gasteiger partial charge is 0.361 e. The molecular formula is C16H15N5O3. The molecule has 0 aliphatic carbocycles. The predicted octanol–water partition coefficient (Wildman–Crippen LogP) is 1.82. The molecule has 0 radical (unpaired) electrons. The van der Waals surface area contributed by atoms with Gasteiger partial charge in [0.25, 0.3) is 11.8 Å². The Morgan fingerprint density at radius 3 is 2.62 bits per heavy atom. The van der Waals surface area contributed by atoms with Crippen molar-refractivity contribution in [2.75, 3.05) is 5.32 Å². The quantitative estimate of drug-likeness (QED) is 0.662. The number of aromatic nitrogens is 3. The van der Waals surface area contributed by atoms with Crippen molar-refractivity contribution in [1.29, 1.82) is 0 Å². The number of nitrogens with zero attached hydrogens (tertiary/aromatic N) is 2. The average molecular weight is 325 g/mol. The Hall–Kier alpha value is -3.42. The summed E-state index contributed by atoms with van der Waals surface area (Å²) >= 11 is 0. The fourth-order valence-electron chi connectivity index (χ4n) is 2.15. The van der Waals surface area contributed by atoms with E-state index in [4.69, 9.17) is 4.52 Å². The van der Waals surface area contributed by atoms with Crippen LogP contribution in [0.5, 0.6) is 0 Å². The lowest BCUT2D eigenvalue weighted by molar-refractivity contribution is -0.118. The minimum Gasteiger partial charge on any atom is -0.361 e. The molecule has 2 amide bonds. The van der Waals surface area contributed by atoms with Crippen LogP contribution in [0.15, 0.2) is 53.2 Å². The van der Waals surface area contributed by atoms with Crippen molar-refractivity contribution in [3.05, 3.63) is 65.7 Å². The van der Waals surface area contributed by atoms with Gasteiger partial charge in [-0.2, -0.15) is 5.10 Å². The molecule has 0 bridgehead atoms. The first-order valence-corrected chi connectivity index (χ1v) is 7.23. The number of hydrogen-bond donors (Lipinski definition) is 3. The Morgan fingerprint density at radius 1 is 1.21 bits per heavy atom. The van der Waals surface area contributed by atoms with Crippen LogP contribution in [0.25, 0.3) is 0 Å². The van der Waals surface area contributed by atoms with Crippen molar-refractivity contribution in [2.45, 2.75) is 13.0 Å². The Balaban J connectivity index is 1.82. The first-order valence-electron chi connectivity index (χ1n) is 7.23. The van der Waals surface area contributed by atoms with Gasteiger partial charge in [-0.05, 0) is 12.5 Å². The number of nitrogens with one attached hydrogen (secondary N) is 3. The van der Waals surface area contributed by atoms with Gasteiger partial charge in [0, 0.05) is 12.1 Å². The van der Waals surface area contributed by atoms with Crippen LogP contribution in [0.4, 0.5) is 5.82 Å². The number of carbonyl (C=O) groups excluding carboxylic acids is 2. The number of carbonyl (C=O) groups is 2. The minimum atomic E-state index is -0.890. The highest BCUT2D eigenvalue weighted by Crippen LogP contribution is 2.16. The molecule has 0 fully saturated rings. The zero-order valence-corrected chi connectivity index (χ0v) is 12.8. The molecule has 0 aliphatic heterocycles. The summed E-state index contributed by atoms with van der Waals surface area (Å²) < 4.78 is 4.89. The molecule has 2 heterocycles. The third kappa shape index (κ3) is 3.49. The molecule has 1 aromatic carbocycles. The van der Waals surface area contributed by atoms with E-state index >= 15 is 0 Å². The number of rotatable bonds is 5. The molecule has 8 heteroatoms. The Kier molecular flexibility index (Phi) is 4.37. The first kappa shape index (κ1) is 15.5. The van der Waals surface area contributed by atoms with Gasteiger partial charge in [0.2, 0.25) is 0 Å². The molecule has 24 heavy (non-hydrogen) atoms. The van der Waals surface area contributed by atoms with E-state index in [1.54, 1.807) is 37.3 Å². The van der Waals surface area contributed by atoms with Crippen molar-refractivity contribution < 1.29 is 14.1 Å². The monoisotopic (exact) mass is 325 g/mol. The van der Waals surface area contributed by atoms with E-state index in [0.29, 0.717) is 17.1 Å². The lowest BCUT2D eigenvalue weighted by atomic mass is 10.1. The highest BCUT2D eigenvalue weighted by Gasteiger charge is 2.25. The standard InChI is InChI=1S/C16H15N5O3/c1-10-9-12(21-24-10)15(22)19-14(11-5-3-2-4-6-11)16(23)18-13-7-8-17-20-13/h2-9,14H,1H3,(H,19,22)(H2,17,18,20,23)/t14-/m0/s1. The number of amides is 2. The van der Waals surface area contributed by atoms with Crippen LogP contribution >= 0.6 is 0 Å². The maximum atomic E-state index is 12.6. The number of anilines is 1.